The van der Waals surface area contributed by atoms with Gasteiger partial charge < -0.3 is 9.32 Å². The zero-order valence-electron chi connectivity index (χ0n) is 15.6. The number of nitrogens with zero attached hydrogens (tertiary/aromatic N) is 3. The largest absolute Gasteiger partial charge is 0.416 e. The van der Waals surface area contributed by atoms with E-state index in [2.05, 4.69) is 23.2 Å². The van der Waals surface area contributed by atoms with Gasteiger partial charge in [0.25, 0.3) is 5.22 Å². The highest BCUT2D eigenvalue weighted by molar-refractivity contribution is 8.00. The van der Waals surface area contributed by atoms with Crippen LogP contribution < -0.4 is 4.90 Å². The molecular weight excluding hydrogens is 378 g/mol. The van der Waals surface area contributed by atoms with Gasteiger partial charge in [0.2, 0.25) is 11.8 Å². The van der Waals surface area contributed by atoms with E-state index in [0.29, 0.717) is 22.1 Å². The second-order valence-electron chi connectivity index (χ2n) is 7.26. The van der Waals surface area contributed by atoms with E-state index in [-0.39, 0.29) is 5.91 Å². The molecule has 1 amide bonds. The number of rotatable bonds is 4. The van der Waals surface area contributed by atoms with E-state index in [0.717, 1.165) is 37.4 Å². The van der Waals surface area contributed by atoms with Crippen LogP contribution in [0, 0.1) is 0 Å². The number of thioether (sulfide) groups is 2. The molecule has 1 fully saturated rings. The Morgan fingerprint density at radius 1 is 1.22 bits per heavy atom. The Hall–Kier alpha value is -1.47. The van der Waals surface area contributed by atoms with Gasteiger partial charge >= 0.3 is 0 Å². The summed E-state index contributed by atoms with van der Waals surface area (Å²) in [6.07, 6.45) is 7.02. The lowest BCUT2D eigenvalue weighted by Gasteiger charge is -2.22. The van der Waals surface area contributed by atoms with E-state index in [4.69, 9.17) is 4.42 Å². The summed E-state index contributed by atoms with van der Waals surface area (Å²) in [4.78, 5) is 16.0. The van der Waals surface area contributed by atoms with Crippen molar-refractivity contribution in [1.29, 1.82) is 0 Å². The minimum Gasteiger partial charge on any atom is -0.416 e. The van der Waals surface area contributed by atoms with Crippen LogP contribution in [0.5, 0.6) is 0 Å². The van der Waals surface area contributed by atoms with Crippen LogP contribution in [0.3, 0.4) is 0 Å². The minimum atomic E-state index is 0.0968. The lowest BCUT2D eigenvalue weighted by Crippen LogP contribution is -2.33. The molecule has 5 nitrogen and oxygen atoms in total. The van der Waals surface area contributed by atoms with Crippen molar-refractivity contribution < 1.29 is 9.21 Å². The van der Waals surface area contributed by atoms with Crippen LogP contribution in [0.25, 0.3) is 0 Å². The third kappa shape index (κ3) is 4.51. The summed E-state index contributed by atoms with van der Waals surface area (Å²) in [6, 6.07) is 8.17. The van der Waals surface area contributed by atoms with Crippen molar-refractivity contribution >= 4 is 35.1 Å². The molecule has 144 valence electrons. The molecule has 1 saturated carbocycles. The summed E-state index contributed by atoms with van der Waals surface area (Å²) in [6.45, 7) is 2.97. The molecule has 1 aromatic heterocycles. The Bertz CT molecular complexity index is 789. The highest BCUT2D eigenvalue weighted by atomic mass is 32.2. The molecule has 1 aliphatic carbocycles. The van der Waals surface area contributed by atoms with Crippen molar-refractivity contribution in [3.63, 3.8) is 0 Å². The zero-order chi connectivity index (χ0) is 18.6. The summed E-state index contributed by atoms with van der Waals surface area (Å²) < 4.78 is 5.84. The third-order valence-corrected chi connectivity index (χ3v) is 7.28. The minimum absolute atomic E-state index is 0.0968. The van der Waals surface area contributed by atoms with Gasteiger partial charge in [0.05, 0.1) is 11.4 Å². The number of aromatic nitrogens is 2. The van der Waals surface area contributed by atoms with Gasteiger partial charge in [-0.25, -0.2) is 0 Å². The SMILES string of the molecule is CC1CCN(C(=O)CSc2nnc(C3CCCCC3)o2)c2ccccc2S1. The summed E-state index contributed by atoms with van der Waals surface area (Å²) >= 11 is 3.20. The van der Waals surface area contributed by atoms with Crippen molar-refractivity contribution in [1.82, 2.24) is 10.2 Å². The van der Waals surface area contributed by atoms with E-state index < -0.39 is 0 Å². The van der Waals surface area contributed by atoms with Crippen LogP contribution in [0.4, 0.5) is 5.69 Å². The fraction of sp³-hybridized carbons (Fsp3) is 0.550. The summed E-state index contributed by atoms with van der Waals surface area (Å²) in [5.41, 5.74) is 1.02. The van der Waals surface area contributed by atoms with Crippen LogP contribution >= 0.6 is 23.5 Å². The quantitative estimate of drug-likeness (QED) is 0.660. The van der Waals surface area contributed by atoms with E-state index in [1.807, 2.05) is 34.9 Å². The number of para-hydroxylation sites is 1. The van der Waals surface area contributed by atoms with Crippen LogP contribution in [0.2, 0.25) is 0 Å². The first-order valence-electron chi connectivity index (χ1n) is 9.73. The number of anilines is 1. The van der Waals surface area contributed by atoms with Crippen LogP contribution in [-0.2, 0) is 4.79 Å². The molecule has 1 aliphatic heterocycles. The van der Waals surface area contributed by atoms with E-state index in [1.54, 1.807) is 0 Å². The number of fused-ring (bicyclic) bond motifs is 1. The third-order valence-electron chi connectivity index (χ3n) is 5.24. The first-order valence-corrected chi connectivity index (χ1v) is 11.6. The lowest BCUT2D eigenvalue weighted by atomic mass is 9.89. The predicted molar refractivity (Wildman–Crippen MR) is 110 cm³/mol. The number of benzene rings is 1. The Kier molecular flexibility index (Phi) is 6.08. The lowest BCUT2D eigenvalue weighted by molar-refractivity contribution is -0.116. The molecule has 2 heterocycles. The number of hydrogen-bond donors (Lipinski definition) is 0. The smallest absolute Gasteiger partial charge is 0.277 e. The van der Waals surface area contributed by atoms with Gasteiger partial charge in [-0.15, -0.1) is 22.0 Å². The van der Waals surface area contributed by atoms with Gasteiger partial charge in [-0.3, -0.25) is 4.79 Å². The van der Waals surface area contributed by atoms with Crippen LogP contribution in [0.15, 0.2) is 38.8 Å². The molecule has 2 aromatic rings. The van der Waals surface area contributed by atoms with Crippen LogP contribution in [-0.4, -0.2) is 33.7 Å². The van der Waals surface area contributed by atoms with E-state index >= 15 is 0 Å². The Balaban J connectivity index is 1.40. The average molecular weight is 404 g/mol. The molecule has 1 aromatic carbocycles. The number of carbonyl (C=O) groups is 1. The molecule has 1 unspecified atom stereocenters. The Morgan fingerprint density at radius 2 is 2.04 bits per heavy atom. The first-order chi connectivity index (χ1) is 13.2. The van der Waals surface area contributed by atoms with Gasteiger partial charge in [-0.1, -0.05) is 50.1 Å². The molecule has 0 saturated heterocycles. The molecule has 0 radical (unpaired) electrons. The topological polar surface area (TPSA) is 59.2 Å². The maximum Gasteiger partial charge on any atom is 0.277 e. The van der Waals surface area contributed by atoms with Gasteiger partial charge in [-0.2, -0.15) is 0 Å². The molecule has 0 N–H and O–H groups in total. The zero-order valence-corrected chi connectivity index (χ0v) is 17.2. The fourth-order valence-corrected chi connectivity index (χ4v) is 5.50. The molecule has 0 bridgehead atoms. The first kappa shape index (κ1) is 18.9. The van der Waals surface area contributed by atoms with Crippen molar-refractivity contribution in [2.45, 2.75) is 66.7 Å². The standard InChI is InChI=1S/C20H25N3O2S2/c1-14-11-12-23(16-9-5-6-10-17(16)27-14)18(24)13-26-20-22-21-19(25-20)15-7-3-2-4-8-15/h5-6,9-10,14-15H,2-4,7-8,11-13H2,1H3. The van der Waals surface area contributed by atoms with Crippen LogP contribution in [0.1, 0.15) is 57.3 Å². The monoisotopic (exact) mass is 403 g/mol. The predicted octanol–water partition coefficient (Wildman–Crippen LogP) is 5.13. The average Bonchev–Trinajstić information content (AvgIpc) is 3.10. The maximum atomic E-state index is 12.9. The van der Waals surface area contributed by atoms with Gasteiger partial charge in [0.1, 0.15) is 0 Å². The molecule has 2 aliphatic rings. The normalized spacial score (nSPS) is 20.9. The van der Waals surface area contributed by atoms with Gasteiger partial charge in [0.15, 0.2) is 0 Å². The van der Waals surface area contributed by atoms with E-state index in [9.17, 15) is 4.79 Å². The van der Waals surface area contributed by atoms with Gasteiger partial charge in [0, 0.05) is 22.6 Å². The van der Waals surface area contributed by atoms with Crippen molar-refractivity contribution in [2.24, 2.45) is 0 Å². The Morgan fingerprint density at radius 3 is 2.89 bits per heavy atom. The summed E-state index contributed by atoms with van der Waals surface area (Å²) in [5.74, 6) is 1.56. The van der Waals surface area contributed by atoms with Crippen molar-refractivity contribution in [3.05, 3.63) is 30.2 Å². The highest BCUT2D eigenvalue weighted by Crippen LogP contribution is 2.38. The number of carbonyl (C=O) groups excluding carboxylic acids is 1. The molecule has 0 spiro atoms. The summed E-state index contributed by atoms with van der Waals surface area (Å²) in [7, 11) is 0. The molecular formula is C20H25N3O2S2. The highest BCUT2D eigenvalue weighted by Gasteiger charge is 2.25. The second kappa shape index (κ2) is 8.69. The molecule has 4 rings (SSSR count). The Labute approximate surface area is 168 Å². The molecule has 1 atom stereocenters. The van der Waals surface area contributed by atoms with Crippen molar-refractivity contribution in [2.75, 3.05) is 17.2 Å². The molecule has 7 heteroatoms. The van der Waals surface area contributed by atoms with Gasteiger partial charge in [-0.05, 0) is 31.4 Å². The van der Waals surface area contributed by atoms with E-state index in [1.165, 1.54) is 35.9 Å². The summed E-state index contributed by atoms with van der Waals surface area (Å²) in [5, 5.41) is 9.39. The second-order valence-corrected chi connectivity index (χ2v) is 9.67. The number of hydrogen-bond acceptors (Lipinski definition) is 6. The van der Waals surface area contributed by atoms with Crippen molar-refractivity contribution in [3.8, 4) is 0 Å². The maximum absolute atomic E-state index is 12.9. The molecule has 27 heavy (non-hydrogen) atoms. The fourth-order valence-electron chi connectivity index (χ4n) is 3.74. The number of amides is 1.